The molecule has 6 nitrogen and oxygen atoms in total. The molecule has 3 aromatic carbocycles. The highest BCUT2D eigenvalue weighted by Crippen LogP contribution is 2.33. The van der Waals surface area contributed by atoms with Crippen molar-refractivity contribution >= 4 is 45.8 Å². The molecule has 0 fully saturated rings. The van der Waals surface area contributed by atoms with Gasteiger partial charge in [-0.05, 0) is 55.8 Å². The second kappa shape index (κ2) is 7.97. The Hall–Kier alpha value is -3.09. The van der Waals surface area contributed by atoms with Crippen LogP contribution in [-0.4, -0.2) is 28.0 Å². The summed E-state index contributed by atoms with van der Waals surface area (Å²) in [6.07, 6.45) is 0. The highest BCUT2D eigenvalue weighted by atomic mass is 35.5. The van der Waals surface area contributed by atoms with E-state index in [-0.39, 0.29) is 22.2 Å². The highest BCUT2D eigenvalue weighted by molar-refractivity contribution is 6.36. The normalized spacial score (nSPS) is 11.0. The van der Waals surface area contributed by atoms with Gasteiger partial charge in [-0.2, -0.15) is 4.80 Å². The van der Waals surface area contributed by atoms with Gasteiger partial charge in [-0.15, -0.1) is 10.2 Å². The van der Waals surface area contributed by atoms with E-state index in [0.29, 0.717) is 16.2 Å². The Morgan fingerprint density at radius 2 is 1.67 bits per heavy atom. The number of aromatic nitrogens is 3. The minimum Gasteiger partial charge on any atom is -0.494 e. The van der Waals surface area contributed by atoms with Crippen molar-refractivity contribution in [3.8, 4) is 11.4 Å². The van der Waals surface area contributed by atoms with Gasteiger partial charge in [0.1, 0.15) is 16.8 Å². The lowest BCUT2D eigenvalue weighted by Crippen LogP contribution is -2.14. The molecule has 0 saturated carbocycles. The van der Waals surface area contributed by atoms with Crippen LogP contribution in [0.4, 0.5) is 5.69 Å². The topological polar surface area (TPSA) is 69.0 Å². The molecule has 152 valence electrons. The summed E-state index contributed by atoms with van der Waals surface area (Å²) >= 11 is 12.2. The molecule has 30 heavy (non-hydrogen) atoms. The number of carbonyl (C=O) groups excluding carboxylic acids is 1. The Kier molecular flexibility index (Phi) is 5.37. The third-order valence-electron chi connectivity index (χ3n) is 4.70. The first-order valence-electron chi connectivity index (χ1n) is 9.15. The monoisotopic (exact) mass is 440 g/mol. The Morgan fingerprint density at radius 1 is 1.00 bits per heavy atom. The van der Waals surface area contributed by atoms with Crippen LogP contribution in [0.2, 0.25) is 10.0 Å². The fraction of sp³-hybridized carbons (Fsp3) is 0.136. The van der Waals surface area contributed by atoms with E-state index in [2.05, 4.69) is 15.5 Å². The van der Waals surface area contributed by atoms with Gasteiger partial charge in [-0.25, -0.2) is 0 Å². The number of anilines is 1. The number of amides is 1. The average molecular weight is 441 g/mol. The molecule has 0 radical (unpaired) electrons. The average Bonchev–Trinajstić information content (AvgIpc) is 3.10. The molecule has 4 aromatic rings. The zero-order chi connectivity index (χ0) is 21.4. The number of nitrogens with zero attached hydrogens (tertiary/aromatic N) is 3. The van der Waals surface area contributed by atoms with E-state index < -0.39 is 0 Å². The van der Waals surface area contributed by atoms with Crippen LogP contribution < -0.4 is 10.1 Å². The van der Waals surface area contributed by atoms with E-state index in [1.807, 2.05) is 44.2 Å². The summed E-state index contributed by atoms with van der Waals surface area (Å²) in [6, 6.07) is 14.6. The Labute approximate surface area is 183 Å². The van der Waals surface area contributed by atoms with Crippen LogP contribution >= 0.6 is 23.2 Å². The molecule has 0 aliphatic heterocycles. The maximum atomic E-state index is 12.9. The first kappa shape index (κ1) is 20.2. The molecular weight excluding hydrogens is 423 g/mol. The molecule has 0 aliphatic carbocycles. The van der Waals surface area contributed by atoms with Crippen molar-refractivity contribution in [2.75, 3.05) is 12.4 Å². The molecule has 1 amide bonds. The third kappa shape index (κ3) is 3.84. The van der Waals surface area contributed by atoms with E-state index in [1.165, 1.54) is 19.2 Å². The molecule has 8 heteroatoms. The predicted molar refractivity (Wildman–Crippen MR) is 119 cm³/mol. The van der Waals surface area contributed by atoms with Crippen molar-refractivity contribution in [3.05, 3.63) is 75.3 Å². The van der Waals surface area contributed by atoms with E-state index in [9.17, 15) is 4.79 Å². The molecule has 4 rings (SSSR count). The smallest absolute Gasteiger partial charge is 0.259 e. The molecule has 0 aliphatic rings. The number of ether oxygens (including phenoxy) is 1. The Morgan fingerprint density at radius 3 is 2.33 bits per heavy atom. The van der Waals surface area contributed by atoms with E-state index in [4.69, 9.17) is 27.9 Å². The van der Waals surface area contributed by atoms with Crippen LogP contribution in [0.5, 0.6) is 5.75 Å². The number of rotatable bonds is 4. The minimum absolute atomic E-state index is 0.248. The molecule has 0 spiro atoms. The predicted octanol–water partition coefficient (Wildman–Crippen LogP) is 5.61. The number of aryl methyl sites for hydroxylation is 2. The number of carbonyl (C=O) groups is 1. The van der Waals surface area contributed by atoms with Gasteiger partial charge in [0, 0.05) is 10.7 Å². The largest absolute Gasteiger partial charge is 0.494 e. The number of nitrogens with one attached hydrogen (secondary N) is 1. The minimum atomic E-state index is -0.385. The number of fused-ring (bicyclic) bond motifs is 1. The van der Waals surface area contributed by atoms with Crippen LogP contribution in [0.3, 0.4) is 0 Å². The number of halogens is 2. The zero-order valence-corrected chi connectivity index (χ0v) is 18.0. The lowest BCUT2D eigenvalue weighted by Gasteiger charge is -2.12. The van der Waals surface area contributed by atoms with Crippen LogP contribution in [0.25, 0.3) is 16.7 Å². The molecular formula is C22H18Cl2N4O2. The molecule has 0 saturated heterocycles. The highest BCUT2D eigenvalue weighted by Gasteiger charge is 2.18. The van der Waals surface area contributed by atoms with E-state index in [0.717, 1.165) is 22.3 Å². The molecule has 0 atom stereocenters. The maximum absolute atomic E-state index is 12.9. The SMILES string of the molecule is COc1c(Cl)cc(Cl)cc1C(=O)Nc1cc2nn(-c3ccc(C)cc3)nc2cc1C. The van der Waals surface area contributed by atoms with Crippen LogP contribution in [0, 0.1) is 13.8 Å². The van der Waals surface area contributed by atoms with Crippen LogP contribution in [0.1, 0.15) is 21.5 Å². The van der Waals surface area contributed by atoms with E-state index in [1.54, 1.807) is 10.9 Å². The summed E-state index contributed by atoms with van der Waals surface area (Å²) in [5, 5.41) is 12.6. The van der Waals surface area contributed by atoms with Gasteiger partial charge in [0.25, 0.3) is 5.91 Å². The molecule has 0 bridgehead atoms. The van der Waals surface area contributed by atoms with Crippen molar-refractivity contribution in [3.63, 3.8) is 0 Å². The lowest BCUT2D eigenvalue weighted by atomic mass is 10.1. The summed E-state index contributed by atoms with van der Waals surface area (Å²) in [4.78, 5) is 14.5. The van der Waals surface area contributed by atoms with E-state index >= 15 is 0 Å². The Bertz CT molecular complexity index is 1270. The maximum Gasteiger partial charge on any atom is 0.259 e. The van der Waals surface area contributed by atoms with Crippen LogP contribution in [0.15, 0.2) is 48.5 Å². The van der Waals surface area contributed by atoms with Gasteiger partial charge in [0.15, 0.2) is 0 Å². The van der Waals surface area contributed by atoms with Gasteiger partial charge in [-0.3, -0.25) is 4.79 Å². The second-order valence-corrected chi connectivity index (χ2v) is 7.75. The first-order valence-corrected chi connectivity index (χ1v) is 9.90. The quantitative estimate of drug-likeness (QED) is 0.447. The van der Waals surface area contributed by atoms with Gasteiger partial charge in [0.05, 0.1) is 23.4 Å². The van der Waals surface area contributed by atoms with Gasteiger partial charge >= 0.3 is 0 Å². The van der Waals surface area contributed by atoms with Crippen molar-refractivity contribution in [2.45, 2.75) is 13.8 Å². The summed E-state index contributed by atoms with van der Waals surface area (Å²) in [5.41, 5.74) is 5.12. The standard InChI is InChI=1S/C22H18Cl2N4O2/c1-12-4-6-15(7-5-12)28-26-19-8-13(2)18(11-20(19)27-28)25-22(29)16-9-14(23)10-17(24)21(16)30-3/h4-11H,1-3H3,(H,25,29). The summed E-state index contributed by atoms with van der Waals surface area (Å²) in [7, 11) is 1.45. The third-order valence-corrected chi connectivity index (χ3v) is 5.20. The second-order valence-electron chi connectivity index (χ2n) is 6.90. The van der Waals surface area contributed by atoms with Crippen molar-refractivity contribution < 1.29 is 9.53 Å². The van der Waals surface area contributed by atoms with Gasteiger partial charge in [0.2, 0.25) is 0 Å². The summed E-state index contributed by atoms with van der Waals surface area (Å²) in [6.45, 7) is 3.92. The summed E-state index contributed by atoms with van der Waals surface area (Å²) in [5.74, 6) is -0.118. The fourth-order valence-electron chi connectivity index (χ4n) is 3.12. The molecule has 1 N–H and O–H groups in total. The molecule has 0 unspecified atom stereocenters. The number of methoxy groups -OCH3 is 1. The molecule has 1 aromatic heterocycles. The summed E-state index contributed by atoms with van der Waals surface area (Å²) < 4.78 is 5.27. The van der Waals surface area contributed by atoms with Gasteiger partial charge in [-0.1, -0.05) is 40.9 Å². The Balaban J connectivity index is 1.69. The van der Waals surface area contributed by atoms with Crippen molar-refractivity contribution in [2.24, 2.45) is 0 Å². The number of hydrogen-bond donors (Lipinski definition) is 1. The molecule has 1 heterocycles. The van der Waals surface area contributed by atoms with Gasteiger partial charge < -0.3 is 10.1 Å². The first-order chi connectivity index (χ1) is 14.4. The lowest BCUT2D eigenvalue weighted by molar-refractivity contribution is 0.102. The zero-order valence-electron chi connectivity index (χ0n) is 16.5. The van der Waals surface area contributed by atoms with Crippen molar-refractivity contribution in [1.29, 1.82) is 0 Å². The fourth-order valence-corrected chi connectivity index (χ4v) is 3.69. The van der Waals surface area contributed by atoms with Crippen molar-refractivity contribution in [1.82, 2.24) is 15.0 Å². The number of hydrogen-bond acceptors (Lipinski definition) is 4. The van der Waals surface area contributed by atoms with Crippen LogP contribution in [-0.2, 0) is 0 Å². The number of benzene rings is 3.